The molecule has 7 nitrogen and oxygen atoms in total. The van der Waals surface area contributed by atoms with Crippen LogP contribution in [0.3, 0.4) is 0 Å². The van der Waals surface area contributed by atoms with Crippen LogP contribution in [0.1, 0.15) is 33.7 Å². The lowest BCUT2D eigenvalue weighted by Crippen LogP contribution is -2.38. The van der Waals surface area contributed by atoms with E-state index >= 15 is 0 Å². The van der Waals surface area contributed by atoms with Gasteiger partial charge >= 0.3 is 5.97 Å². The first-order chi connectivity index (χ1) is 12.4. The standard InChI is InChI=1S/C18H20FN3O4/c1-10-5-3-7-12(19)16(10)22-13-8-4-6-11(13)15(21-22)17(23)20-9-14(26-2)18(24)25/h3,5,7,14H,4,6,8-9H2,1-2H3,(H,20,23)(H,24,25). The van der Waals surface area contributed by atoms with Crippen molar-refractivity contribution in [1.82, 2.24) is 15.1 Å². The van der Waals surface area contributed by atoms with Crippen LogP contribution < -0.4 is 5.32 Å². The normalized spacial score (nSPS) is 14.1. The van der Waals surface area contributed by atoms with E-state index in [0.29, 0.717) is 18.5 Å². The number of amides is 1. The van der Waals surface area contributed by atoms with Crippen molar-refractivity contribution in [2.45, 2.75) is 32.3 Å². The van der Waals surface area contributed by atoms with E-state index in [1.54, 1.807) is 19.1 Å². The first kappa shape index (κ1) is 18.1. The Hall–Kier alpha value is -2.74. The highest BCUT2D eigenvalue weighted by Gasteiger charge is 2.29. The van der Waals surface area contributed by atoms with Gasteiger partial charge in [-0.25, -0.2) is 13.9 Å². The number of aliphatic carboxylic acids is 1. The van der Waals surface area contributed by atoms with Gasteiger partial charge in [0.15, 0.2) is 11.8 Å². The Morgan fingerprint density at radius 2 is 2.19 bits per heavy atom. The smallest absolute Gasteiger partial charge is 0.334 e. The van der Waals surface area contributed by atoms with E-state index in [4.69, 9.17) is 9.84 Å². The maximum absolute atomic E-state index is 14.4. The Morgan fingerprint density at radius 1 is 1.42 bits per heavy atom. The van der Waals surface area contributed by atoms with E-state index < -0.39 is 23.8 Å². The van der Waals surface area contributed by atoms with Gasteiger partial charge in [0.05, 0.1) is 6.54 Å². The van der Waals surface area contributed by atoms with Gasteiger partial charge in [0.2, 0.25) is 0 Å². The fourth-order valence-corrected chi connectivity index (χ4v) is 3.24. The predicted octanol–water partition coefficient (Wildman–Crippen LogP) is 1.64. The number of aryl methyl sites for hydroxylation is 1. The molecule has 1 heterocycles. The van der Waals surface area contributed by atoms with Crippen LogP contribution in [-0.4, -0.2) is 46.5 Å². The highest BCUT2D eigenvalue weighted by molar-refractivity contribution is 5.94. The lowest BCUT2D eigenvalue weighted by Gasteiger charge is -2.11. The maximum atomic E-state index is 14.4. The first-order valence-electron chi connectivity index (χ1n) is 8.34. The van der Waals surface area contributed by atoms with Gasteiger partial charge in [0.25, 0.3) is 5.91 Å². The number of fused-ring (bicyclic) bond motifs is 1. The van der Waals surface area contributed by atoms with Crippen molar-refractivity contribution in [3.63, 3.8) is 0 Å². The Bertz CT molecular complexity index is 842. The monoisotopic (exact) mass is 361 g/mol. The third-order valence-electron chi connectivity index (χ3n) is 4.55. The predicted molar refractivity (Wildman–Crippen MR) is 91.1 cm³/mol. The van der Waals surface area contributed by atoms with E-state index in [-0.39, 0.29) is 12.2 Å². The number of nitrogens with one attached hydrogen (secondary N) is 1. The van der Waals surface area contributed by atoms with Crippen LogP contribution in [0.5, 0.6) is 0 Å². The number of benzene rings is 1. The number of methoxy groups -OCH3 is 1. The number of hydrogen-bond acceptors (Lipinski definition) is 4. The molecule has 0 saturated carbocycles. The molecule has 1 aromatic heterocycles. The summed E-state index contributed by atoms with van der Waals surface area (Å²) >= 11 is 0. The van der Waals surface area contributed by atoms with Crippen LogP contribution in [-0.2, 0) is 22.4 Å². The summed E-state index contributed by atoms with van der Waals surface area (Å²) in [6, 6.07) is 4.78. The summed E-state index contributed by atoms with van der Waals surface area (Å²) in [6.07, 6.45) is 1.11. The number of ether oxygens (including phenoxy) is 1. The molecule has 0 fully saturated rings. The Morgan fingerprint density at radius 3 is 2.85 bits per heavy atom. The number of nitrogens with zero attached hydrogens (tertiary/aromatic N) is 2. The zero-order valence-corrected chi connectivity index (χ0v) is 14.6. The highest BCUT2D eigenvalue weighted by Crippen LogP contribution is 2.29. The number of halogens is 1. The van der Waals surface area contributed by atoms with E-state index in [0.717, 1.165) is 23.2 Å². The van der Waals surface area contributed by atoms with E-state index in [1.807, 2.05) is 0 Å². The van der Waals surface area contributed by atoms with Crippen molar-refractivity contribution in [3.8, 4) is 5.69 Å². The van der Waals surface area contributed by atoms with Gasteiger partial charge in [-0.2, -0.15) is 5.10 Å². The molecule has 1 aliphatic carbocycles. The fourth-order valence-electron chi connectivity index (χ4n) is 3.24. The van der Waals surface area contributed by atoms with Crippen molar-refractivity contribution < 1.29 is 23.8 Å². The van der Waals surface area contributed by atoms with Gasteiger partial charge in [-0.1, -0.05) is 12.1 Å². The van der Waals surface area contributed by atoms with Gasteiger partial charge in [0, 0.05) is 18.4 Å². The summed E-state index contributed by atoms with van der Waals surface area (Å²) in [5.74, 6) is -2.05. The lowest BCUT2D eigenvalue weighted by molar-refractivity contribution is -0.148. The summed E-state index contributed by atoms with van der Waals surface area (Å²) in [4.78, 5) is 23.5. The highest BCUT2D eigenvalue weighted by atomic mass is 19.1. The summed E-state index contributed by atoms with van der Waals surface area (Å²) in [7, 11) is 1.26. The molecule has 0 spiro atoms. The molecule has 8 heteroatoms. The quantitative estimate of drug-likeness (QED) is 0.816. The minimum Gasteiger partial charge on any atom is -0.479 e. The second kappa shape index (κ2) is 7.25. The van der Waals surface area contributed by atoms with Crippen LogP contribution in [0.25, 0.3) is 5.69 Å². The summed E-state index contributed by atoms with van der Waals surface area (Å²) in [5.41, 5.74) is 2.88. The van der Waals surface area contributed by atoms with Crippen molar-refractivity contribution in [2.24, 2.45) is 0 Å². The number of hydrogen-bond donors (Lipinski definition) is 2. The summed E-state index contributed by atoms with van der Waals surface area (Å²) in [6.45, 7) is 1.61. The molecule has 2 aromatic rings. The van der Waals surface area contributed by atoms with Crippen molar-refractivity contribution in [1.29, 1.82) is 0 Å². The zero-order valence-electron chi connectivity index (χ0n) is 14.6. The molecule has 1 amide bonds. The SMILES string of the molecule is COC(CNC(=O)c1nn(-c2c(C)cccc2F)c2c1CCC2)C(=O)O. The maximum Gasteiger partial charge on any atom is 0.334 e. The Kier molecular flexibility index (Phi) is 5.03. The van der Waals surface area contributed by atoms with Gasteiger partial charge in [-0.3, -0.25) is 4.79 Å². The molecule has 138 valence electrons. The molecule has 0 aliphatic heterocycles. The number of para-hydroxylation sites is 1. The number of carbonyl (C=O) groups excluding carboxylic acids is 1. The molecule has 0 bridgehead atoms. The number of carboxylic acids is 1. The molecular weight excluding hydrogens is 341 g/mol. The Balaban J connectivity index is 1.93. The molecule has 0 saturated heterocycles. The van der Waals surface area contributed by atoms with Crippen LogP contribution in [0.2, 0.25) is 0 Å². The first-order valence-corrected chi connectivity index (χ1v) is 8.34. The van der Waals surface area contributed by atoms with Gasteiger partial charge in [0.1, 0.15) is 11.5 Å². The fraction of sp³-hybridized carbons (Fsp3) is 0.389. The molecule has 1 unspecified atom stereocenters. The molecule has 26 heavy (non-hydrogen) atoms. The molecular formula is C18H20FN3O4. The Labute approximate surface area is 149 Å². The van der Waals surface area contributed by atoms with Crippen LogP contribution in [0.4, 0.5) is 4.39 Å². The van der Waals surface area contributed by atoms with Crippen molar-refractivity contribution >= 4 is 11.9 Å². The minimum absolute atomic E-state index is 0.176. The van der Waals surface area contributed by atoms with Gasteiger partial charge in [-0.05, 0) is 37.8 Å². The molecule has 0 radical (unpaired) electrons. The minimum atomic E-state index is -1.16. The largest absolute Gasteiger partial charge is 0.479 e. The topological polar surface area (TPSA) is 93.5 Å². The molecule has 3 rings (SSSR count). The second-order valence-electron chi connectivity index (χ2n) is 6.22. The number of aromatic nitrogens is 2. The molecule has 1 aliphatic rings. The summed E-state index contributed by atoms with van der Waals surface area (Å²) in [5, 5.41) is 15.9. The average Bonchev–Trinajstić information content (AvgIpc) is 3.18. The van der Waals surface area contributed by atoms with E-state index in [2.05, 4.69) is 10.4 Å². The molecule has 2 N–H and O–H groups in total. The molecule has 1 aromatic carbocycles. The third-order valence-corrected chi connectivity index (χ3v) is 4.55. The average molecular weight is 361 g/mol. The van der Waals surface area contributed by atoms with E-state index in [1.165, 1.54) is 17.9 Å². The summed E-state index contributed by atoms with van der Waals surface area (Å²) < 4.78 is 20.7. The van der Waals surface area contributed by atoms with Gasteiger partial charge < -0.3 is 15.2 Å². The zero-order chi connectivity index (χ0) is 18.8. The number of carboxylic acid groups (broad SMARTS) is 1. The van der Waals surface area contributed by atoms with Crippen LogP contribution >= 0.6 is 0 Å². The molecule has 1 atom stereocenters. The van der Waals surface area contributed by atoms with Gasteiger partial charge in [-0.15, -0.1) is 0 Å². The van der Waals surface area contributed by atoms with Crippen LogP contribution in [0, 0.1) is 12.7 Å². The van der Waals surface area contributed by atoms with Crippen molar-refractivity contribution in [3.05, 3.63) is 46.5 Å². The number of carbonyl (C=O) groups is 2. The van der Waals surface area contributed by atoms with Crippen molar-refractivity contribution in [2.75, 3.05) is 13.7 Å². The lowest BCUT2D eigenvalue weighted by atomic mass is 10.1. The number of rotatable bonds is 6. The third kappa shape index (κ3) is 3.20. The van der Waals surface area contributed by atoms with Crippen LogP contribution in [0.15, 0.2) is 18.2 Å². The van der Waals surface area contributed by atoms with E-state index in [9.17, 15) is 14.0 Å². The second-order valence-corrected chi connectivity index (χ2v) is 6.22.